The van der Waals surface area contributed by atoms with E-state index in [2.05, 4.69) is 10.3 Å². The molecule has 0 saturated carbocycles. The molecule has 2 heterocycles. The molecule has 3 rings (SSSR count). The summed E-state index contributed by atoms with van der Waals surface area (Å²) in [6, 6.07) is 9.41. The van der Waals surface area contributed by atoms with Gasteiger partial charge < -0.3 is 9.73 Å². The van der Waals surface area contributed by atoms with E-state index >= 15 is 0 Å². The van der Waals surface area contributed by atoms with Crippen molar-refractivity contribution in [1.82, 2.24) is 5.32 Å². The Hall–Kier alpha value is -3.20. The van der Waals surface area contributed by atoms with Gasteiger partial charge in [0.15, 0.2) is 5.17 Å². The highest BCUT2D eigenvalue weighted by molar-refractivity contribution is 8.18. The summed E-state index contributed by atoms with van der Waals surface area (Å²) in [6.45, 7) is 1.32. The number of amides is 2. The van der Waals surface area contributed by atoms with Gasteiger partial charge in [0, 0.05) is 19.1 Å². The lowest BCUT2D eigenvalue weighted by molar-refractivity contribution is -0.384. The van der Waals surface area contributed by atoms with Crippen molar-refractivity contribution < 1.29 is 18.9 Å². The number of nitro benzene ring substituents is 1. The number of para-hydroxylation sites is 1. The minimum absolute atomic E-state index is 0.0707. The largest absolute Gasteiger partial charge is 0.456 e. The molecule has 0 radical (unpaired) electrons. The number of aliphatic imine (C=N–C) groups is 1. The topological polar surface area (TPSA) is 115 Å². The van der Waals surface area contributed by atoms with Crippen molar-refractivity contribution >= 4 is 40.5 Å². The molecule has 2 aromatic rings. The van der Waals surface area contributed by atoms with Gasteiger partial charge in [-0.3, -0.25) is 19.7 Å². The van der Waals surface area contributed by atoms with Gasteiger partial charge in [-0.25, -0.2) is 0 Å². The van der Waals surface area contributed by atoms with Crippen LogP contribution in [-0.4, -0.2) is 21.9 Å². The third kappa shape index (κ3) is 3.66. The first-order valence-electron chi connectivity index (χ1n) is 7.08. The van der Waals surface area contributed by atoms with Crippen LogP contribution in [0.2, 0.25) is 0 Å². The van der Waals surface area contributed by atoms with Crippen molar-refractivity contribution in [2.45, 2.75) is 6.92 Å². The maximum absolute atomic E-state index is 11.8. The van der Waals surface area contributed by atoms with Crippen molar-refractivity contribution in [2.24, 2.45) is 4.99 Å². The Labute approximate surface area is 145 Å². The lowest BCUT2D eigenvalue weighted by Gasteiger charge is -1.99. The van der Waals surface area contributed by atoms with Gasteiger partial charge >= 0.3 is 0 Å². The first-order chi connectivity index (χ1) is 11.9. The molecule has 25 heavy (non-hydrogen) atoms. The quantitative estimate of drug-likeness (QED) is 0.513. The molecule has 0 atom stereocenters. The maximum atomic E-state index is 11.8. The van der Waals surface area contributed by atoms with Gasteiger partial charge in [0.05, 0.1) is 15.4 Å². The number of rotatable bonds is 3. The number of nitro groups is 1. The van der Waals surface area contributed by atoms with Crippen LogP contribution in [0.5, 0.6) is 0 Å². The van der Waals surface area contributed by atoms with E-state index < -0.39 is 10.8 Å². The number of benzene rings is 1. The highest BCUT2D eigenvalue weighted by Gasteiger charge is 2.23. The molecule has 1 aliphatic rings. The molecule has 1 aliphatic heterocycles. The second kappa shape index (κ2) is 6.73. The second-order valence-corrected chi connectivity index (χ2v) is 6.02. The predicted octanol–water partition coefficient (Wildman–Crippen LogP) is 2.96. The zero-order chi connectivity index (χ0) is 18.0. The molecule has 0 spiro atoms. The molecule has 1 N–H and O–H groups in total. The summed E-state index contributed by atoms with van der Waals surface area (Å²) in [6.07, 6.45) is 1.48. The van der Waals surface area contributed by atoms with Gasteiger partial charge in [-0.15, -0.1) is 0 Å². The summed E-state index contributed by atoms with van der Waals surface area (Å²) in [7, 11) is 0. The number of hydrogen-bond donors (Lipinski definition) is 1. The Morgan fingerprint density at radius 1 is 1.32 bits per heavy atom. The fourth-order valence-electron chi connectivity index (χ4n) is 2.16. The summed E-state index contributed by atoms with van der Waals surface area (Å²) < 4.78 is 5.60. The van der Waals surface area contributed by atoms with E-state index in [1.54, 1.807) is 30.3 Å². The van der Waals surface area contributed by atoms with E-state index in [-0.39, 0.29) is 21.7 Å². The molecule has 1 aromatic carbocycles. The molecule has 0 fully saturated rings. The molecule has 1 aromatic heterocycles. The molecule has 0 aliphatic carbocycles. The van der Waals surface area contributed by atoms with Gasteiger partial charge in [-0.1, -0.05) is 12.1 Å². The highest BCUT2D eigenvalue weighted by Crippen LogP contribution is 2.33. The molecule has 0 saturated heterocycles. The maximum Gasteiger partial charge on any atom is 0.286 e. The fourth-order valence-corrected chi connectivity index (χ4v) is 3.00. The van der Waals surface area contributed by atoms with E-state index in [0.717, 1.165) is 11.8 Å². The molecule has 126 valence electrons. The zero-order valence-corrected chi connectivity index (χ0v) is 13.7. The monoisotopic (exact) mass is 357 g/mol. The van der Waals surface area contributed by atoms with Crippen molar-refractivity contribution in [1.29, 1.82) is 0 Å². The van der Waals surface area contributed by atoms with Crippen LogP contribution in [-0.2, 0) is 9.59 Å². The normalized spacial score (nSPS) is 15.3. The van der Waals surface area contributed by atoms with Crippen LogP contribution in [0.3, 0.4) is 0 Å². The third-order valence-electron chi connectivity index (χ3n) is 3.17. The van der Waals surface area contributed by atoms with Gasteiger partial charge in [0.1, 0.15) is 11.5 Å². The minimum atomic E-state index is -0.489. The summed E-state index contributed by atoms with van der Waals surface area (Å²) in [5, 5.41) is 13.8. The van der Waals surface area contributed by atoms with Gasteiger partial charge in [0.25, 0.3) is 11.6 Å². The Kier molecular flexibility index (Phi) is 4.48. The summed E-state index contributed by atoms with van der Waals surface area (Å²) in [5.41, 5.74) is 0.274. The number of furan rings is 1. The average Bonchev–Trinajstić information content (AvgIpc) is 3.14. The van der Waals surface area contributed by atoms with Crippen LogP contribution in [0.4, 0.5) is 5.69 Å². The van der Waals surface area contributed by atoms with E-state index in [9.17, 15) is 19.7 Å². The first-order valence-corrected chi connectivity index (χ1v) is 7.89. The number of hydrogen-bond acceptors (Lipinski definition) is 6. The summed E-state index contributed by atoms with van der Waals surface area (Å²) >= 11 is 1.02. The van der Waals surface area contributed by atoms with Crippen molar-refractivity contribution in [3.8, 4) is 11.3 Å². The molecule has 0 unspecified atom stereocenters. The Balaban J connectivity index is 1.85. The first kappa shape index (κ1) is 16.7. The van der Waals surface area contributed by atoms with Crippen LogP contribution in [0.1, 0.15) is 12.7 Å². The lowest BCUT2D eigenvalue weighted by atomic mass is 10.1. The second-order valence-electron chi connectivity index (χ2n) is 4.99. The van der Waals surface area contributed by atoms with Gasteiger partial charge in [-0.05, 0) is 30.0 Å². The van der Waals surface area contributed by atoms with Crippen LogP contribution < -0.4 is 5.32 Å². The van der Waals surface area contributed by atoms with Crippen molar-refractivity contribution in [3.05, 3.63) is 57.2 Å². The molecular formula is C16H11N3O5S. The van der Waals surface area contributed by atoms with E-state index in [4.69, 9.17) is 4.42 Å². The number of nitrogens with zero attached hydrogens (tertiary/aromatic N) is 2. The van der Waals surface area contributed by atoms with Crippen LogP contribution in [0, 0.1) is 10.1 Å². The summed E-state index contributed by atoms with van der Waals surface area (Å²) in [5.74, 6) is -0.143. The van der Waals surface area contributed by atoms with Crippen LogP contribution in [0.25, 0.3) is 17.4 Å². The molecule has 8 nitrogen and oxygen atoms in total. The van der Waals surface area contributed by atoms with Crippen LogP contribution in [0.15, 0.2) is 50.7 Å². The van der Waals surface area contributed by atoms with Crippen molar-refractivity contribution in [3.63, 3.8) is 0 Å². The van der Waals surface area contributed by atoms with E-state index in [1.165, 1.54) is 19.1 Å². The number of thioether (sulfide) groups is 1. The van der Waals surface area contributed by atoms with E-state index in [1.807, 2.05) is 0 Å². The Morgan fingerprint density at radius 2 is 2.08 bits per heavy atom. The smallest absolute Gasteiger partial charge is 0.286 e. The molecule has 9 heteroatoms. The third-order valence-corrected chi connectivity index (χ3v) is 4.07. The highest BCUT2D eigenvalue weighted by atomic mass is 32.2. The van der Waals surface area contributed by atoms with Gasteiger partial charge in [0.2, 0.25) is 5.91 Å². The summed E-state index contributed by atoms with van der Waals surface area (Å²) in [4.78, 5) is 37.5. The molecule has 0 bridgehead atoms. The van der Waals surface area contributed by atoms with Crippen LogP contribution >= 0.6 is 11.8 Å². The average molecular weight is 357 g/mol. The number of carbonyl (C=O) groups excluding carboxylic acids is 2. The minimum Gasteiger partial charge on any atom is -0.456 e. The predicted molar refractivity (Wildman–Crippen MR) is 92.6 cm³/mol. The molecular weight excluding hydrogens is 346 g/mol. The number of carbonyl (C=O) groups is 2. The SMILES string of the molecule is CC(=O)NC1=NC(=O)/C(=C\c2ccc(-c3ccccc3[N+](=O)[O-])o2)S1. The van der Waals surface area contributed by atoms with Gasteiger partial charge in [-0.2, -0.15) is 4.99 Å². The Bertz CT molecular complexity index is 945. The standard InChI is InChI=1S/C16H11N3O5S/c1-9(20)17-16-18-15(21)14(25-16)8-10-6-7-13(24-10)11-4-2-3-5-12(11)19(22)23/h2-8H,1H3,(H,17,18,20,21)/b14-8+. The zero-order valence-electron chi connectivity index (χ0n) is 12.9. The van der Waals surface area contributed by atoms with E-state index in [0.29, 0.717) is 17.1 Å². The molecule has 2 amide bonds. The lowest BCUT2D eigenvalue weighted by Crippen LogP contribution is -2.23. The fraction of sp³-hybridized carbons (Fsp3) is 0.0625. The number of amidine groups is 1. The Morgan fingerprint density at radius 3 is 2.80 bits per heavy atom. The number of nitrogens with one attached hydrogen (secondary N) is 1. The van der Waals surface area contributed by atoms with Crippen molar-refractivity contribution in [2.75, 3.05) is 0 Å².